The molecular weight excluding hydrogens is 294 g/mol. The minimum Gasteiger partial charge on any atom is -0.389 e. The number of hydrogen-bond donors (Lipinski definition) is 2. The second kappa shape index (κ2) is 6.02. The minimum absolute atomic E-state index is 0.465. The molecule has 4 nitrogen and oxygen atoms in total. The van der Waals surface area contributed by atoms with Gasteiger partial charge in [-0.05, 0) is 36.8 Å². The van der Waals surface area contributed by atoms with E-state index in [9.17, 15) is 5.11 Å². The van der Waals surface area contributed by atoms with Gasteiger partial charge in [0.05, 0.1) is 12.6 Å². The number of hydrogen-bond acceptors (Lipinski definition) is 3. The lowest BCUT2D eigenvalue weighted by atomic mass is 10.2. The molecule has 2 rings (SSSR count). The molecule has 1 atom stereocenters. The second-order valence-electron chi connectivity index (χ2n) is 4.22. The maximum absolute atomic E-state index is 9.90. The van der Waals surface area contributed by atoms with Crippen LogP contribution in [0.4, 0.5) is 5.69 Å². The summed E-state index contributed by atoms with van der Waals surface area (Å²) in [6.45, 7) is 3.03. The summed E-state index contributed by atoms with van der Waals surface area (Å²) < 4.78 is 2.78. The van der Waals surface area contributed by atoms with Gasteiger partial charge >= 0.3 is 0 Å². The molecule has 0 saturated carbocycles. The minimum atomic E-state index is -0.465. The van der Waals surface area contributed by atoms with Crippen molar-refractivity contribution in [1.29, 1.82) is 0 Å². The van der Waals surface area contributed by atoms with E-state index in [-0.39, 0.29) is 0 Å². The van der Waals surface area contributed by atoms with Crippen LogP contribution in [0.25, 0.3) is 0 Å². The summed E-state index contributed by atoms with van der Waals surface area (Å²) in [5.41, 5.74) is 2.19. The van der Waals surface area contributed by atoms with E-state index in [0.29, 0.717) is 13.1 Å². The average Bonchev–Trinajstić information content (AvgIpc) is 2.80. The summed E-state index contributed by atoms with van der Waals surface area (Å²) in [4.78, 5) is 0. The highest BCUT2D eigenvalue weighted by atomic mass is 79.9. The molecule has 0 radical (unpaired) electrons. The van der Waals surface area contributed by atoms with Gasteiger partial charge < -0.3 is 10.4 Å². The Labute approximate surface area is 115 Å². The first kappa shape index (κ1) is 13.1. The molecule has 0 aliphatic rings. The number of rotatable bonds is 5. The van der Waals surface area contributed by atoms with Gasteiger partial charge in [0.25, 0.3) is 0 Å². The molecule has 2 N–H and O–H groups in total. The van der Waals surface area contributed by atoms with Gasteiger partial charge in [-0.3, -0.25) is 4.68 Å². The first-order valence-electron chi connectivity index (χ1n) is 5.80. The molecule has 0 aliphatic heterocycles. The number of nitrogens with one attached hydrogen (secondary N) is 1. The molecule has 0 amide bonds. The summed E-state index contributed by atoms with van der Waals surface area (Å²) in [6, 6.07) is 7.87. The molecule has 0 saturated heterocycles. The zero-order valence-electron chi connectivity index (χ0n) is 10.2. The Kier molecular flexibility index (Phi) is 4.38. The van der Waals surface area contributed by atoms with Gasteiger partial charge in [-0.2, -0.15) is 5.10 Å². The maximum atomic E-state index is 9.90. The van der Waals surface area contributed by atoms with E-state index in [1.54, 1.807) is 10.9 Å². The van der Waals surface area contributed by atoms with Crippen LogP contribution in [0.1, 0.15) is 5.56 Å². The summed E-state index contributed by atoms with van der Waals surface area (Å²) in [6.07, 6.45) is 3.08. The number of halogens is 1. The van der Waals surface area contributed by atoms with Crippen molar-refractivity contribution in [3.63, 3.8) is 0 Å². The van der Waals surface area contributed by atoms with Crippen LogP contribution in [0.3, 0.4) is 0 Å². The number of benzene rings is 1. The van der Waals surface area contributed by atoms with Crippen LogP contribution in [0.5, 0.6) is 0 Å². The fourth-order valence-electron chi connectivity index (χ4n) is 1.74. The average molecular weight is 310 g/mol. The van der Waals surface area contributed by atoms with E-state index in [1.165, 1.54) is 0 Å². The van der Waals surface area contributed by atoms with Gasteiger partial charge in [0, 0.05) is 29.1 Å². The molecule has 1 heterocycles. The largest absolute Gasteiger partial charge is 0.389 e. The third-order valence-electron chi connectivity index (χ3n) is 2.67. The van der Waals surface area contributed by atoms with Crippen LogP contribution in [0, 0.1) is 6.92 Å². The van der Waals surface area contributed by atoms with Crippen molar-refractivity contribution in [2.45, 2.75) is 19.6 Å². The summed E-state index contributed by atoms with van der Waals surface area (Å²) in [5, 5.41) is 17.2. The monoisotopic (exact) mass is 309 g/mol. The third kappa shape index (κ3) is 3.58. The highest BCUT2D eigenvalue weighted by Crippen LogP contribution is 2.19. The Balaban J connectivity index is 1.87. The molecule has 1 unspecified atom stereocenters. The Morgan fingerprint density at radius 3 is 3.00 bits per heavy atom. The number of nitrogens with zero attached hydrogens (tertiary/aromatic N) is 2. The Morgan fingerprint density at radius 2 is 2.33 bits per heavy atom. The number of aromatic nitrogens is 2. The Bertz CT molecular complexity index is 499. The van der Waals surface area contributed by atoms with Gasteiger partial charge in [0.1, 0.15) is 0 Å². The molecule has 0 fully saturated rings. The zero-order valence-corrected chi connectivity index (χ0v) is 11.8. The molecule has 1 aromatic heterocycles. The highest BCUT2D eigenvalue weighted by Gasteiger charge is 2.06. The van der Waals surface area contributed by atoms with Crippen LogP contribution in [0.2, 0.25) is 0 Å². The van der Waals surface area contributed by atoms with Gasteiger partial charge in [-0.1, -0.05) is 15.9 Å². The summed E-state index contributed by atoms with van der Waals surface area (Å²) in [7, 11) is 0. The quantitative estimate of drug-likeness (QED) is 0.892. The molecule has 5 heteroatoms. The lowest BCUT2D eigenvalue weighted by Crippen LogP contribution is -2.25. The van der Waals surface area contributed by atoms with Crippen molar-refractivity contribution in [2.24, 2.45) is 0 Å². The number of aliphatic hydroxyl groups is 1. The normalized spacial score (nSPS) is 12.4. The molecule has 18 heavy (non-hydrogen) atoms. The lowest BCUT2D eigenvalue weighted by molar-refractivity contribution is 0.161. The lowest BCUT2D eigenvalue weighted by Gasteiger charge is -2.14. The van der Waals surface area contributed by atoms with Crippen LogP contribution in [0.15, 0.2) is 41.1 Å². The first-order chi connectivity index (χ1) is 8.65. The molecule has 96 valence electrons. The fourth-order valence-corrected chi connectivity index (χ4v) is 2.22. The smallest absolute Gasteiger partial charge is 0.0907 e. The van der Waals surface area contributed by atoms with Crippen molar-refractivity contribution in [1.82, 2.24) is 9.78 Å². The van der Waals surface area contributed by atoms with E-state index < -0.39 is 6.10 Å². The van der Waals surface area contributed by atoms with Crippen molar-refractivity contribution in [3.8, 4) is 0 Å². The zero-order chi connectivity index (χ0) is 13.0. The predicted octanol–water partition coefficient (Wildman–Crippen LogP) is 2.43. The van der Waals surface area contributed by atoms with Gasteiger partial charge in [0.15, 0.2) is 0 Å². The van der Waals surface area contributed by atoms with Crippen LogP contribution >= 0.6 is 15.9 Å². The van der Waals surface area contributed by atoms with Crippen molar-refractivity contribution in [3.05, 3.63) is 46.7 Å². The SMILES string of the molecule is Cc1cc(Br)ccc1NCC(O)Cn1cccn1. The number of anilines is 1. The predicted molar refractivity (Wildman–Crippen MR) is 75.6 cm³/mol. The van der Waals surface area contributed by atoms with Gasteiger partial charge in [0.2, 0.25) is 0 Å². The molecule has 0 bridgehead atoms. The Hall–Kier alpha value is -1.33. The fraction of sp³-hybridized carbons (Fsp3) is 0.308. The topological polar surface area (TPSA) is 50.1 Å². The first-order valence-corrected chi connectivity index (χ1v) is 6.60. The van der Waals surface area contributed by atoms with Crippen molar-refractivity contribution < 1.29 is 5.11 Å². The van der Waals surface area contributed by atoms with E-state index in [1.807, 2.05) is 37.4 Å². The second-order valence-corrected chi connectivity index (χ2v) is 5.14. The van der Waals surface area contributed by atoms with E-state index in [4.69, 9.17) is 0 Å². The third-order valence-corrected chi connectivity index (χ3v) is 3.17. The molecule has 0 aliphatic carbocycles. The Morgan fingerprint density at radius 1 is 1.50 bits per heavy atom. The van der Waals surface area contributed by atoms with Crippen molar-refractivity contribution >= 4 is 21.6 Å². The molecule has 0 spiro atoms. The van der Waals surface area contributed by atoms with Crippen LogP contribution in [-0.4, -0.2) is 27.5 Å². The van der Waals surface area contributed by atoms with Crippen LogP contribution < -0.4 is 5.32 Å². The molecule has 2 aromatic rings. The molecular formula is C13H16BrN3O. The number of aryl methyl sites for hydroxylation is 1. The summed E-state index contributed by atoms with van der Waals surface area (Å²) >= 11 is 3.43. The standard InChI is InChI=1S/C13H16BrN3O/c1-10-7-11(14)3-4-13(10)15-8-12(18)9-17-6-2-5-16-17/h2-7,12,15,18H,8-9H2,1H3. The number of aliphatic hydroxyl groups excluding tert-OH is 1. The van der Waals surface area contributed by atoms with E-state index in [0.717, 1.165) is 15.7 Å². The van der Waals surface area contributed by atoms with Crippen LogP contribution in [-0.2, 0) is 6.54 Å². The van der Waals surface area contributed by atoms with Gasteiger partial charge in [-0.15, -0.1) is 0 Å². The molecule has 1 aromatic carbocycles. The van der Waals surface area contributed by atoms with E-state index >= 15 is 0 Å². The van der Waals surface area contributed by atoms with E-state index in [2.05, 4.69) is 26.3 Å². The highest BCUT2D eigenvalue weighted by molar-refractivity contribution is 9.10. The summed E-state index contributed by atoms with van der Waals surface area (Å²) in [5.74, 6) is 0. The van der Waals surface area contributed by atoms with Gasteiger partial charge in [-0.25, -0.2) is 0 Å². The van der Waals surface area contributed by atoms with Crippen molar-refractivity contribution in [2.75, 3.05) is 11.9 Å². The maximum Gasteiger partial charge on any atom is 0.0907 e.